The zero-order valence-electron chi connectivity index (χ0n) is 9.60. The molecule has 0 radical (unpaired) electrons. The Kier molecular flexibility index (Phi) is 2.65. The Morgan fingerprint density at radius 1 is 1.25 bits per heavy atom. The zero-order chi connectivity index (χ0) is 11.7. The Hall–Kier alpha value is -1.83. The highest BCUT2D eigenvalue weighted by Gasteiger charge is 2.20. The lowest BCUT2D eigenvalue weighted by Gasteiger charge is -2.18. The van der Waals surface area contributed by atoms with Crippen LogP contribution in [0, 0.1) is 0 Å². The molecule has 0 saturated heterocycles. The average Bonchev–Trinajstić information content (AvgIpc) is 2.59. The molecule has 0 spiro atoms. The molecule has 0 saturated carbocycles. The van der Waals surface area contributed by atoms with Gasteiger partial charge in [-0.1, -0.05) is 32.6 Å². The molecule has 0 aromatic heterocycles. The van der Waals surface area contributed by atoms with Crippen molar-refractivity contribution in [3.8, 4) is 0 Å². The third-order valence-electron chi connectivity index (χ3n) is 2.72. The van der Waals surface area contributed by atoms with E-state index >= 15 is 0 Å². The summed E-state index contributed by atoms with van der Waals surface area (Å²) in [4.78, 5) is 13.3. The van der Waals surface area contributed by atoms with Gasteiger partial charge >= 0.3 is 0 Å². The van der Waals surface area contributed by atoms with E-state index in [1.807, 2.05) is 18.2 Å². The molecule has 2 rings (SSSR count). The first-order valence-corrected chi connectivity index (χ1v) is 5.40. The second-order valence-electron chi connectivity index (χ2n) is 4.25. The third kappa shape index (κ3) is 1.78. The molecule has 0 N–H and O–H groups in total. The molecular formula is C14H15NO. The van der Waals surface area contributed by atoms with Crippen LogP contribution in [-0.2, 0) is 4.79 Å². The second-order valence-corrected chi connectivity index (χ2v) is 4.25. The Morgan fingerprint density at radius 3 is 2.56 bits per heavy atom. The summed E-state index contributed by atoms with van der Waals surface area (Å²) in [6.45, 7) is 8.13. The number of allylic oxidation sites excluding steroid dienone is 1. The van der Waals surface area contributed by atoms with Crippen LogP contribution in [0.3, 0.4) is 0 Å². The van der Waals surface area contributed by atoms with E-state index in [9.17, 15) is 4.79 Å². The molecule has 2 heteroatoms. The van der Waals surface area contributed by atoms with Crippen molar-refractivity contribution in [2.75, 3.05) is 4.90 Å². The van der Waals surface area contributed by atoms with E-state index in [1.54, 1.807) is 17.1 Å². The molecule has 0 fully saturated rings. The minimum Gasteiger partial charge on any atom is -0.278 e. The van der Waals surface area contributed by atoms with Crippen molar-refractivity contribution >= 4 is 11.6 Å². The average molecular weight is 213 g/mol. The zero-order valence-corrected chi connectivity index (χ0v) is 9.60. The third-order valence-corrected chi connectivity index (χ3v) is 2.72. The van der Waals surface area contributed by atoms with Gasteiger partial charge in [0, 0.05) is 17.5 Å². The Balaban J connectivity index is 2.38. The molecule has 1 amide bonds. The van der Waals surface area contributed by atoms with Crippen molar-refractivity contribution in [1.29, 1.82) is 0 Å². The number of hydrogen-bond acceptors (Lipinski definition) is 1. The van der Waals surface area contributed by atoms with Crippen molar-refractivity contribution < 1.29 is 4.79 Å². The molecule has 0 unspecified atom stereocenters. The lowest BCUT2D eigenvalue weighted by molar-refractivity contribution is -0.113. The maximum Gasteiger partial charge on any atom is 0.255 e. The van der Waals surface area contributed by atoms with Gasteiger partial charge in [0.2, 0.25) is 0 Å². The summed E-state index contributed by atoms with van der Waals surface area (Å²) in [5.41, 5.74) is 2.85. The lowest BCUT2D eigenvalue weighted by atomic mass is 10.0. The Morgan fingerprint density at radius 2 is 2.00 bits per heavy atom. The van der Waals surface area contributed by atoms with Crippen LogP contribution in [0.4, 0.5) is 5.69 Å². The normalized spacial score (nSPS) is 15.3. The molecule has 2 nitrogen and oxygen atoms in total. The van der Waals surface area contributed by atoms with Gasteiger partial charge in [-0.2, -0.15) is 0 Å². The Bertz CT molecular complexity index is 453. The number of benzene rings is 1. The van der Waals surface area contributed by atoms with Crippen LogP contribution in [0.5, 0.6) is 0 Å². The number of carbonyl (C=O) groups excluding carboxylic acids is 1. The van der Waals surface area contributed by atoms with Crippen molar-refractivity contribution in [2.24, 2.45) is 0 Å². The summed E-state index contributed by atoms with van der Waals surface area (Å²) in [6, 6.07) is 8.02. The van der Waals surface area contributed by atoms with E-state index in [0.717, 1.165) is 11.4 Å². The van der Waals surface area contributed by atoms with Gasteiger partial charge in [0.15, 0.2) is 0 Å². The quantitative estimate of drug-likeness (QED) is 0.738. The van der Waals surface area contributed by atoms with Crippen LogP contribution in [0.2, 0.25) is 0 Å². The summed E-state index contributed by atoms with van der Waals surface area (Å²) in [5.74, 6) is 0.435. The first kappa shape index (κ1) is 10.7. The first-order chi connectivity index (χ1) is 7.59. The largest absolute Gasteiger partial charge is 0.278 e. The van der Waals surface area contributed by atoms with E-state index in [-0.39, 0.29) is 5.91 Å². The fraction of sp³-hybridized carbons (Fsp3) is 0.214. The van der Waals surface area contributed by atoms with Gasteiger partial charge in [0.05, 0.1) is 0 Å². The fourth-order valence-corrected chi connectivity index (χ4v) is 1.77. The van der Waals surface area contributed by atoms with Crippen LogP contribution in [0.15, 0.2) is 48.7 Å². The number of carbonyl (C=O) groups is 1. The fourth-order valence-electron chi connectivity index (χ4n) is 1.77. The van der Waals surface area contributed by atoms with E-state index in [1.165, 1.54) is 5.56 Å². The molecule has 82 valence electrons. The first-order valence-electron chi connectivity index (χ1n) is 5.40. The van der Waals surface area contributed by atoms with Crippen LogP contribution in [-0.4, -0.2) is 5.91 Å². The standard InChI is InChI=1S/C14H15NO/c1-10(2)12-5-4-6-13(9-12)15-11(3)7-8-14(15)16/h4-10H,3H2,1-2H3. The molecule has 1 aliphatic rings. The van der Waals surface area contributed by atoms with Crippen LogP contribution < -0.4 is 4.90 Å². The summed E-state index contributed by atoms with van der Waals surface area (Å²) < 4.78 is 0. The number of rotatable bonds is 2. The van der Waals surface area contributed by atoms with Gasteiger partial charge in [0.25, 0.3) is 5.91 Å². The molecular weight excluding hydrogens is 198 g/mol. The van der Waals surface area contributed by atoms with Gasteiger partial charge in [-0.15, -0.1) is 0 Å². The highest BCUT2D eigenvalue weighted by atomic mass is 16.2. The number of hydrogen-bond donors (Lipinski definition) is 0. The molecule has 0 atom stereocenters. The van der Waals surface area contributed by atoms with E-state index in [0.29, 0.717) is 5.92 Å². The van der Waals surface area contributed by atoms with Crippen LogP contribution in [0.25, 0.3) is 0 Å². The molecule has 1 aromatic rings. The smallest absolute Gasteiger partial charge is 0.255 e. The lowest BCUT2D eigenvalue weighted by Crippen LogP contribution is -2.22. The van der Waals surface area contributed by atoms with Gasteiger partial charge in [-0.25, -0.2) is 0 Å². The van der Waals surface area contributed by atoms with E-state index < -0.39 is 0 Å². The van der Waals surface area contributed by atoms with Gasteiger partial charge in [0.1, 0.15) is 0 Å². The second kappa shape index (κ2) is 3.97. The minimum atomic E-state index is -0.0223. The number of amides is 1. The van der Waals surface area contributed by atoms with Crippen molar-refractivity contribution in [2.45, 2.75) is 19.8 Å². The van der Waals surface area contributed by atoms with Crippen LogP contribution >= 0.6 is 0 Å². The monoisotopic (exact) mass is 213 g/mol. The summed E-state index contributed by atoms with van der Waals surface area (Å²) in [5, 5.41) is 0. The maximum atomic E-state index is 11.6. The van der Waals surface area contributed by atoms with Gasteiger partial charge in [-0.3, -0.25) is 9.69 Å². The minimum absolute atomic E-state index is 0.0223. The molecule has 1 heterocycles. The van der Waals surface area contributed by atoms with E-state index in [2.05, 4.69) is 26.5 Å². The summed E-state index contributed by atoms with van der Waals surface area (Å²) in [7, 11) is 0. The molecule has 0 bridgehead atoms. The van der Waals surface area contributed by atoms with Crippen molar-refractivity contribution in [3.63, 3.8) is 0 Å². The maximum absolute atomic E-state index is 11.6. The highest BCUT2D eigenvalue weighted by molar-refractivity contribution is 6.07. The highest BCUT2D eigenvalue weighted by Crippen LogP contribution is 2.26. The summed E-state index contributed by atoms with van der Waals surface area (Å²) >= 11 is 0. The van der Waals surface area contributed by atoms with Crippen LogP contribution in [0.1, 0.15) is 25.3 Å². The molecule has 1 aliphatic heterocycles. The topological polar surface area (TPSA) is 20.3 Å². The molecule has 1 aromatic carbocycles. The van der Waals surface area contributed by atoms with Gasteiger partial charge in [-0.05, 0) is 29.7 Å². The van der Waals surface area contributed by atoms with Gasteiger partial charge < -0.3 is 0 Å². The predicted molar refractivity (Wildman–Crippen MR) is 66.3 cm³/mol. The number of nitrogens with zero attached hydrogens (tertiary/aromatic N) is 1. The van der Waals surface area contributed by atoms with Crippen molar-refractivity contribution in [3.05, 3.63) is 54.3 Å². The molecule has 0 aliphatic carbocycles. The van der Waals surface area contributed by atoms with Crippen molar-refractivity contribution in [1.82, 2.24) is 0 Å². The number of anilines is 1. The molecule has 16 heavy (non-hydrogen) atoms. The predicted octanol–water partition coefficient (Wildman–Crippen LogP) is 3.23. The Labute approximate surface area is 95.9 Å². The van der Waals surface area contributed by atoms with E-state index in [4.69, 9.17) is 0 Å². The SMILES string of the molecule is C=C1C=CC(=O)N1c1cccc(C(C)C)c1. The summed E-state index contributed by atoms with van der Waals surface area (Å²) in [6.07, 6.45) is 3.29.